The Kier molecular flexibility index (Phi) is 3.72. The number of alkyl halides is 2. The summed E-state index contributed by atoms with van der Waals surface area (Å²) in [5.74, 6) is 0. The molecule has 0 spiro atoms. The molecule has 1 amide bonds. The molecule has 94 valence electrons. The summed E-state index contributed by atoms with van der Waals surface area (Å²) in [6.07, 6.45) is -5.95. The van der Waals surface area contributed by atoms with Gasteiger partial charge in [-0.15, -0.1) is 0 Å². The number of halogens is 2. The molecule has 0 radical (unpaired) electrons. The molecular weight excluding hydrogens is 220 g/mol. The summed E-state index contributed by atoms with van der Waals surface area (Å²) in [6, 6.07) is 0. The molecule has 0 bridgehead atoms. The first kappa shape index (κ1) is 13.2. The molecule has 16 heavy (non-hydrogen) atoms. The molecule has 1 aliphatic rings. The predicted octanol–water partition coefficient (Wildman–Crippen LogP) is 1.27. The number of carbonyl (C=O) groups excluding carboxylic acids is 1. The highest BCUT2D eigenvalue weighted by Gasteiger charge is 2.39. The van der Waals surface area contributed by atoms with Crippen LogP contribution < -0.4 is 0 Å². The van der Waals surface area contributed by atoms with Crippen LogP contribution in [-0.4, -0.2) is 53.2 Å². The van der Waals surface area contributed by atoms with Gasteiger partial charge in [-0.05, 0) is 20.8 Å². The van der Waals surface area contributed by atoms with Crippen LogP contribution in [0.15, 0.2) is 0 Å². The Morgan fingerprint density at radius 1 is 1.31 bits per heavy atom. The molecule has 0 saturated carbocycles. The van der Waals surface area contributed by atoms with Crippen molar-refractivity contribution in [2.75, 3.05) is 13.1 Å². The van der Waals surface area contributed by atoms with Gasteiger partial charge in [0.2, 0.25) is 0 Å². The van der Waals surface area contributed by atoms with Crippen molar-refractivity contribution in [2.24, 2.45) is 0 Å². The molecule has 6 heteroatoms. The predicted molar refractivity (Wildman–Crippen MR) is 53.6 cm³/mol. The molecule has 1 rings (SSSR count). The highest BCUT2D eigenvalue weighted by Crippen LogP contribution is 2.19. The summed E-state index contributed by atoms with van der Waals surface area (Å²) in [4.78, 5) is 12.4. The van der Waals surface area contributed by atoms with E-state index < -0.39 is 30.1 Å². The Bertz CT molecular complexity index is 255. The van der Waals surface area contributed by atoms with E-state index in [4.69, 9.17) is 9.84 Å². The summed E-state index contributed by atoms with van der Waals surface area (Å²) in [5, 5.41) is 9.05. The van der Waals surface area contributed by atoms with Gasteiger partial charge >= 0.3 is 6.09 Å². The third-order valence-electron chi connectivity index (χ3n) is 2.18. The maximum absolute atomic E-state index is 13.1. The normalized spacial score (nSPS) is 31.4. The van der Waals surface area contributed by atoms with Crippen molar-refractivity contribution in [1.29, 1.82) is 0 Å². The smallest absolute Gasteiger partial charge is 0.410 e. The molecule has 4 nitrogen and oxygen atoms in total. The van der Waals surface area contributed by atoms with E-state index in [1.54, 1.807) is 20.8 Å². The number of nitrogens with zero attached hydrogens (tertiary/aromatic N) is 1. The second-order valence-corrected chi connectivity index (χ2v) is 4.91. The fraction of sp³-hybridized carbons (Fsp3) is 0.900. The quantitative estimate of drug-likeness (QED) is 0.690. The molecule has 3 atom stereocenters. The SMILES string of the molecule is CC(C)(C)OC(=O)N1C[C@@H](F)C(O)[C@@H](F)C1. The molecule has 1 heterocycles. The van der Waals surface area contributed by atoms with Crippen LogP contribution in [0.3, 0.4) is 0 Å². The van der Waals surface area contributed by atoms with E-state index in [0.717, 1.165) is 4.90 Å². The molecule has 1 aliphatic heterocycles. The second-order valence-electron chi connectivity index (χ2n) is 4.91. The Morgan fingerprint density at radius 2 is 1.75 bits per heavy atom. The van der Waals surface area contributed by atoms with Gasteiger partial charge < -0.3 is 14.7 Å². The number of piperidine rings is 1. The molecule has 0 aliphatic carbocycles. The van der Waals surface area contributed by atoms with Gasteiger partial charge in [-0.3, -0.25) is 0 Å². The zero-order valence-electron chi connectivity index (χ0n) is 9.61. The Balaban J connectivity index is 2.58. The van der Waals surface area contributed by atoms with Gasteiger partial charge in [-0.1, -0.05) is 0 Å². The van der Waals surface area contributed by atoms with E-state index >= 15 is 0 Å². The van der Waals surface area contributed by atoms with E-state index in [1.165, 1.54) is 0 Å². The lowest BCUT2D eigenvalue weighted by molar-refractivity contribution is -0.0563. The summed E-state index contributed by atoms with van der Waals surface area (Å²) in [7, 11) is 0. The highest BCUT2D eigenvalue weighted by atomic mass is 19.1. The van der Waals surface area contributed by atoms with E-state index in [2.05, 4.69) is 0 Å². The average molecular weight is 237 g/mol. The molecule has 1 fully saturated rings. The van der Waals surface area contributed by atoms with E-state index in [9.17, 15) is 13.6 Å². The Hall–Kier alpha value is -0.910. The number of rotatable bonds is 0. The van der Waals surface area contributed by atoms with Gasteiger partial charge in [0, 0.05) is 0 Å². The zero-order valence-corrected chi connectivity index (χ0v) is 9.61. The number of hydrogen-bond acceptors (Lipinski definition) is 3. The number of likely N-dealkylation sites (tertiary alicyclic amines) is 1. The lowest BCUT2D eigenvalue weighted by Crippen LogP contribution is -2.54. The van der Waals surface area contributed by atoms with Crippen LogP contribution in [-0.2, 0) is 4.74 Å². The third kappa shape index (κ3) is 3.30. The van der Waals surface area contributed by atoms with Gasteiger partial charge in [0.25, 0.3) is 0 Å². The zero-order chi connectivity index (χ0) is 12.5. The summed E-state index contributed by atoms with van der Waals surface area (Å²) < 4.78 is 31.2. The number of aliphatic hydroxyl groups is 1. The van der Waals surface area contributed by atoms with Gasteiger partial charge in [0.05, 0.1) is 13.1 Å². The van der Waals surface area contributed by atoms with Gasteiger partial charge in [-0.2, -0.15) is 0 Å². The fourth-order valence-corrected chi connectivity index (χ4v) is 1.41. The molecular formula is C10H17F2NO3. The number of aliphatic hydroxyl groups excluding tert-OH is 1. The molecule has 1 unspecified atom stereocenters. The van der Waals surface area contributed by atoms with Crippen molar-refractivity contribution in [2.45, 2.75) is 44.8 Å². The largest absolute Gasteiger partial charge is 0.444 e. The van der Waals surface area contributed by atoms with Crippen LogP contribution in [0.5, 0.6) is 0 Å². The van der Waals surface area contributed by atoms with Crippen LogP contribution >= 0.6 is 0 Å². The van der Waals surface area contributed by atoms with E-state index in [-0.39, 0.29) is 13.1 Å². The van der Waals surface area contributed by atoms with Crippen molar-refractivity contribution in [3.63, 3.8) is 0 Å². The highest BCUT2D eigenvalue weighted by molar-refractivity contribution is 5.68. The second kappa shape index (κ2) is 4.53. The van der Waals surface area contributed by atoms with Crippen molar-refractivity contribution in [3.05, 3.63) is 0 Å². The average Bonchev–Trinajstić information content (AvgIpc) is 2.10. The molecule has 1 N–H and O–H groups in total. The maximum atomic E-state index is 13.1. The van der Waals surface area contributed by atoms with Crippen LogP contribution in [0.4, 0.5) is 13.6 Å². The minimum atomic E-state index is -1.77. The van der Waals surface area contributed by atoms with E-state index in [0.29, 0.717) is 0 Å². The number of amides is 1. The standard InChI is InChI=1S/C10H17F2NO3/c1-10(2,3)16-9(15)13-4-6(11)8(14)7(12)5-13/h6-8,14H,4-5H2,1-3H3/t6-,7+,8?. The third-order valence-corrected chi connectivity index (χ3v) is 2.18. The minimum Gasteiger partial charge on any atom is -0.444 e. The van der Waals surface area contributed by atoms with Crippen molar-refractivity contribution in [3.8, 4) is 0 Å². The summed E-state index contributed by atoms with van der Waals surface area (Å²) in [5.41, 5.74) is -0.704. The van der Waals surface area contributed by atoms with Crippen LogP contribution in [0.25, 0.3) is 0 Å². The van der Waals surface area contributed by atoms with Gasteiger partial charge in [0.1, 0.15) is 24.0 Å². The Labute approximate surface area is 93.2 Å². The lowest BCUT2D eigenvalue weighted by Gasteiger charge is -2.35. The summed E-state index contributed by atoms with van der Waals surface area (Å²) >= 11 is 0. The van der Waals surface area contributed by atoms with E-state index in [1.807, 2.05) is 0 Å². The van der Waals surface area contributed by atoms with Crippen LogP contribution in [0, 0.1) is 0 Å². The first-order valence-electron chi connectivity index (χ1n) is 5.15. The monoisotopic (exact) mass is 237 g/mol. The van der Waals surface area contributed by atoms with Crippen molar-refractivity contribution >= 4 is 6.09 Å². The molecule has 1 saturated heterocycles. The molecule has 0 aromatic heterocycles. The van der Waals surface area contributed by atoms with Crippen molar-refractivity contribution < 1.29 is 23.4 Å². The van der Waals surface area contributed by atoms with Gasteiger partial charge in [0.15, 0.2) is 0 Å². The maximum Gasteiger partial charge on any atom is 0.410 e. The number of carbonyl (C=O) groups is 1. The Morgan fingerprint density at radius 3 is 2.12 bits per heavy atom. The fourth-order valence-electron chi connectivity index (χ4n) is 1.41. The summed E-state index contributed by atoms with van der Waals surface area (Å²) in [6.45, 7) is 4.34. The topological polar surface area (TPSA) is 49.8 Å². The number of hydrogen-bond donors (Lipinski definition) is 1. The van der Waals surface area contributed by atoms with Crippen molar-refractivity contribution in [1.82, 2.24) is 4.90 Å². The van der Waals surface area contributed by atoms with Crippen LogP contribution in [0.2, 0.25) is 0 Å². The number of ether oxygens (including phenoxy) is 1. The van der Waals surface area contributed by atoms with Gasteiger partial charge in [-0.25, -0.2) is 13.6 Å². The first-order chi connectivity index (χ1) is 7.20. The first-order valence-corrected chi connectivity index (χ1v) is 5.15. The lowest BCUT2D eigenvalue weighted by atomic mass is 10.1. The van der Waals surface area contributed by atoms with Crippen LogP contribution in [0.1, 0.15) is 20.8 Å². The molecule has 0 aromatic carbocycles. The minimum absolute atomic E-state index is 0.337. The molecule has 0 aromatic rings.